The van der Waals surface area contributed by atoms with Gasteiger partial charge in [0.2, 0.25) is 0 Å². The summed E-state index contributed by atoms with van der Waals surface area (Å²) in [6.45, 7) is 6.27. The molecule has 0 radical (unpaired) electrons. The fourth-order valence-corrected chi connectivity index (χ4v) is 2.44. The van der Waals surface area contributed by atoms with Gasteiger partial charge in [0.25, 0.3) is 5.69 Å². The second-order valence-corrected chi connectivity index (χ2v) is 5.31. The van der Waals surface area contributed by atoms with Crippen molar-refractivity contribution in [1.82, 2.24) is 0 Å². The second-order valence-electron chi connectivity index (χ2n) is 4.90. The lowest BCUT2D eigenvalue weighted by molar-refractivity contribution is -0.384. The van der Waals surface area contributed by atoms with Gasteiger partial charge in [0.15, 0.2) is 0 Å². The van der Waals surface area contributed by atoms with Crippen molar-refractivity contribution >= 4 is 23.0 Å². The van der Waals surface area contributed by atoms with Crippen LogP contribution in [0.15, 0.2) is 12.1 Å². The number of nitro groups is 1. The Balaban J connectivity index is 2.79. The first-order valence-electron chi connectivity index (χ1n) is 6.77. The Bertz CT molecular complexity index is 476. The zero-order valence-electron chi connectivity index (χ0n) is 12.0. The number of hydrogen-bond donors (Lipinski definition) is 2. The lowest BCUT2D eigenvalue weighted by Gasteiger charge is -2.21. The first-order chi connectivity index (χ1) is 9.40. The molecular weight excluding hydrogens is 280 g/mol. The maximum absolute atomic E-state index is 10.8. The largest absolute Gasteiger partial charge is 0.391 e. The molecule has 0 aliphatic rings. The normalized spacial score (nSPS) is 12.5. The van der Waals surface area contributed by atoms with Crippen LogP contribution in [0.2, 0.25) is 5.02 Å². The van der Waals surface area contributed by atoms with Crippen LogP contribution in [0, 0.1) is 23.0 Å². The first-order valence-corrected chi connectivity index (χ1v) is 7.14. The number of anilines is 1. The van der Waals surface area contributed by atoms with Gasteiger partial charge in [0.1, 0.15) is 5.02 Å². The molecule has 0 aromatic heterocycles. The van der Waals surface area contributed by atoms with Gasteiger partial charge in [-0.15, -0.1) is 0 Å². The van der Waals surface area contributed by atoms with E-state index in [-0.39, 0.29) is 16.6 Å². The third kappa shape index (κ3) is 4.08. The Hall–Kier alpha value is -1.33. The molecule has 0 saturated heterocycles. The third-order valence-electron chi connectivity index (χ3n) is 3.59. The molecule has 5 nitrogen and oxygen atoms in total. The number of rotatable bonds is 7. The van der Waals surface area contributed by atoms with E-state index in [1.165, 1.54) is 12.1 Å². The van der Waals surface area contributed by atoms with Gasteiger partial charge in [-0.3, -0.25) is 10.1 Å². The minimum absolute atomic E-state index is 0.0973. The van der Waals surface area contributed by atoms with E-state index < -0.39 is 11.0 Å². The average molecular weight is 301 g/mol. The number of hydrogen-bond acceptors (Lipinski definition) is 4. The van der Waals surface area contributed by atoms with Gasteiger partial charge >= 0.3 is 0 Å². The molecule has 112 valence electrons. The molecule has 1 unspecified atom stereocenters. The smallest absolute Gasteiger partial charge is 0.288 e. The number of aryl methyl sites for hydroxylation is 1. The summed E-state index contributed by atoms with van der Waals surface area (Å²) in [5.41, 5.74) is 1.35. The number of benzene rings is 1. The molecular formula is C14H21ClN2O3. The molecule has 0 aliphatic carbocycles. The van der Waals surface area contributed by atoms with E-state index in [4.69, 9.17) is 11.6 Å². The van der Waals surface area contributed by atoms with Gasteiger partial charge < -0.3 is 10.4 Å². The average Bonchev–Trinajstić information content (AvgIpc) is 2.40. The Labute approximate surface area is 124 Å². The number of nitrogens with zero attached hydrogens (tertiary/aromatic N) is 1. The summed E-state index contributed by atoms with van der Waals surface area (Å²) in [5.74, 6) is 0.247. The fourth-order valence-electron chi connectivity index (χ4n) is 2.21. The molecule has 1 atom stereocenters. The molecule has 0 amide bonds. The highest BCUT2D eigenvalue weighted by Crippen LogP contribution is 2.30. The number of halogens is 1. The van der Waals surface area contributed by atoms with E-state index in [2.05, 4.69) is 5.32 Å². The quantitative estimate of drug-likeness (QED) is 0.594. The molecule has 0 spiro atoms. The van der Waals surface area contributed by atoms with Gasteiger partial charge in [-0.25, -0.2) is 0 Å². The van der Waals surface area contributed by atoms with Gasteiger partial charge in [-0.05, 0) is 24.5 Å². The Morgan fingerprint density at radius 3 is 2.50 bits per heavy atom. The van der Waals surface area contributed by atoms with E-state index in [0.29, 0.717) is 12.2 Å². The van der Waals surface area contributed by atoms with Gasteiger partial charge in [-0.2, -0.15) is 0 Å². The van der Waals surface area contributed by atoms with Crippen LogP contribution < -0.4 is 5.32 Å². The van der Waals surface area contributed by atoms with E-state index >= 15 is 0 Å². The summed E-state index contributed by atoms with van der Waals surface area (Å²) in [4.78, 5) is 10.3. The lowest BCUT2D eigenvalue weighted by atomic mass is 9.96. The van der Waals surface area contributed by atoms with Crippen LogP contribution in [0.3, 0.4) is 0 Å². The molecule has 0 aliphatic heterocycles. The molecule has 6 heteroatoms. The van der Waals surface area contributed by atoms with E-state index in [1.54, 1.807) is 6.92 Å². The van der Waals surface area contributed by atoms with Gasteiger partial charge in [0.05, 0.1) is 11.0 Å². The lowest BCUT2D eigenvalue weighted by Crippen LogP contribution is -2.27. The molecule has 1 aromatic rings. The zero-order valence-corrected chi connectivity index (χ0v) is 12.8. The molecule has 1 rings (SSSR count). The van der Waals surface area contributed by atoms with Crippen LogP contribution in [0.4, 0.5) is 11.4 Å². The van der Waals surface area contributed by atoms with Crippen molar-refractivity contribution < 1.29 is 10.0 Å². The fraction of sp³-hybridized carbons (Fsp3) is 0.571. The molecule has 0 fully saturated rings. The summed E-state index contributed by atoms with van der Waals surface area (Å²) >= 11 is 5.88. The minimum Gasteiger partial charge on any atom is -0.391 e. The van der Waals surface area contributed by atoms with Crippen molar-refractivity contribution in [3.8, 4) is 0 Å². The standard InChI is InChI=1S/C14H21ClN2O3/c1-4-10(5-2)14(18)8-16-12-7-11(15)13(17(19)20)6-9(12)3/h6-7,10,14,16,18H,4-5,8H2,1-3H3. The van der Waals surface area contributed by atoms with Crippen LogP contribution in [0.25, 0.3) is 0 Å². The monoisotopic (exact) mass is 300 g/mol. The van der Waals surface area contributed by atoms with Crippen LogP contribution in [-0.4, -0.2) is 22.7 Å². The zero-order chi connectivity index (χ0) is 15.3. The Kier molecular flexibility index (Phi) is 6.23. The predicted octanol–water partition coefficient (Wildman–Crippen LogP) is 3.77. The van der Waals surface area contributed by atoms with E-state index in [9.17, 15) is 15.2 Å². The summed E-state index contributed by atoms with van der Waals surface area (Å²) in [5, 5.41) is 24.1. The summed E-state index contributed by atoms with van der Waals surface area (Å²) in [6.07, 6.45) is 1.39. The van der Waals surface area contributed by atoms with Crippen molar-refractivity contribution in [2.45, 2.75) is 39.7 Å². The molecule has 0 bridgehead atoms. The predicted molar refractivity (Wildman–Crippen MR) is 81.4 cm³/mol. The van der Waals surface area contributed by atoms with Crippen LogP contribution in [0.5, 0.6) is 0 Å². The van der Waals surface area contributed by atoms with Crippen LogP contribution in [-0.2, 0) is 0 Å². The maximum atomic E-state index is 10.8. The number of nitro benzene ring substituents is 1. The van der Waals surface area contributed by atoms with E-state index in [0.717, 1.165) is 18.4 Å². The summed E-state index contributed by atoms with van der Waals surface area (Å²) in [7, 11) is 0. The number of aliphatic hydroxyl groups is 1. The highest BCUT2D eigenvalue weighted by molar-refractivity contribution is 6.33. The highest BCUT2D eigenvalue weighted by Gasteiger charge is 2.18. The van der Waals surface area contributed by atoms with Crippen LogP contribution >= 0.6 is 11.6 Å². The number of nitrogens with one attached hydrogen (secondary N) is 1. The third-order valence-corrected chi connectivity index (χ3v) is 3.89. The summed E-state index contributed by atoms with van der Waals surface area (Å²) in [6, 6.07) is 2.98. The molecule has 0 heterocycles. The second kappa shape index (κ2) is 7.45. The van der Waals surface area contributed by atoms with Gasteiger partial charge in [-0.1, -0.05) is 38.3 Å². The Morgan fingerprint density at radius 2 is 2.00 bits per heavy atom. The Morgan fingerprint density at radius 1 is 1.40 bits per heavy atom. The highest BCUT2D eigenvalue weighted by atomic mass is 35.5. The summed E-state index contributed by atoms with van der Waals surface area (Å²) < 4.78 is 0. The maximum Gasteiger partial charge on any atom is 0.288 e. The van der Waals surface area contributed by atoms with Crippen molar-refractivity contribution in [1.29, 1.82) is 0 Å². The van der Waals surface area contributed by atoms with Crippen molar-refractivity contribution in [2.24, 2.45) is 5.92 Å². The van der Waals surface area contributed by atoms with E-state index in [1.807, 2.05) is 13.8 Å². The van der Waals surface area contributed by atoms with Crippen molar-refractivity contribution in [3.63, 3.8) is 0 Å². The molecule has 1 aromatic carbocycles. The van der Waals surface area contributed by atoms with Crippen molar-refractivity contribution in [2.75, 3.05) is 11.9 Å². The molecule has 0 saturated carbocycles. The first kappa shape index (κ1) is 16.7. The van der Waals surface area contributed by atoms with Crippen molar-refractivity contribution in [3.05, 3.63) is 32.8 Å². The molecule has 20 heavy (non-hydrogen) atoms. The SMILES string of the molecule is CCC(CC)C(O)CNc1cc(Cl)c([N+](=O)[O-])cc1C. The topological polar surface area (TPSA) is 75.4 Å². The van der Waals surface area contributed by atoms with Gasteiger partial charge in [0, 0.05) is 18.3 Å². The number of aliphatic hydroxyl groups excluding tert-OH is 1. The molecule has 2 N–H and O–H groups in total. The van der Waals surface area contributed by atoms with Crippen LogP contribution in [0.1, 0.15) is 32.3 Å². The minimum atomic E-state index is -0.502.